The number of hydrogen-bond donors (Lipinski definition) is 2. The fraction of sp³-hybridized carbons (Fsp3) is 0.650. The average molecular weight is 554 g/mol. The van der Waals surface area contributed by atoms with Crippen LogP contribution in [0.15, 0.2) is 23.2 Å². The van der Waals surface area contributed by atoms with Crippen LogP contribution in [-0.4, -0.2) is 57.2 Å². The molecular formula is C20H32FIN4O3S. The minimum atomic E-state index is -3.11. The molecule has 7 nitrogen and oxygen atoms in total. The van der Waals surface area contributed by atoms with Crippen molar-refractivity contribution in [3.05, 3.63) is 29.6 Å². The molecule has 2 aliphatic rings. The quantitative estimate of drug-likeness (QED) is 0.279. The van der Waals surface area contributed by atoms with Gasteiger partial charge in [0.1, 0.15) is 0 Å². The van der Waals surface area contributed by atoms with E-state index in [4.69, 9.17) is 4.74 Å². The first-order valence-corrected chi connectivity index (χ1v) is 11.9. The van der Waals surface area contributed by atoms with E-state index in [-0.39, 0.29) is 41.6 Å². The molecule has 1 aliphatic heterocycles. The largest absolute Gasteiger partial charge is 0.490 e. The molecule has 1 saturated heterocycles. The molecule has 0 aromatic heterocycles. The predicted molar refractivity (Wildman–Crippen MR) is 128 cm³/mol. The minimum Gasteiger partial charge on any atom is -0.490 e. The molecule has 1 saturated carbocycles. The fourth-order valence-electron chi connectivity index (χ4n) is 3.22. The summed E-state index contributed by atoms with van der Waals surface area (Å²) in [6.07, 6.45) is 3.00. The highest BCUT2D eigenvalue weighted by molar-refractivity contribution is 14.0. The van der Waals surface area contributed by atoms with Crippen molar-refractivity contribution in [2.45, 2.75) is 39.2 Å². The van der Waals surface area contributed by atoms with E-state index in [2.05, 4.69) is 15.6 Å². The Bertz CT molecular complexity index is 833. The van der Waals surface area contributed by atoms with E-state index in [0.29, 0.717) is 56.8 Å². The number of hydrogen-bond acceptors (Lipinski definition) is 4. The summed E-state index contributed by atoms with van der Waals surface area (Å²) in [4.78, 5) is 4.47. The van der Waals surface area contributed by atoms with Crippen LogP contribution in [0.2, 0.25) is 0 Å². The van der Waals surface area contributed by atoms with Crippen LogP contribution in [0.25, 0.3) is 0 Å². The van der Waals surface area contributed by atoms with Gasteiger partial charge in [-0.1, -0.05) is 6.07 Å². The van der Waals surface area contributed by atoms with E-state index < -0.39 is 10.0 Å². The first kappa shape index (κ1) is 25.1. The maximum absolute atomic E-state index is 14.4. The maximum Gasteiger partial charge on any atom is 0.214 e. The highest BCUT2D eigenvalue weighted by atomic mass is 127. The van der Waals surface area contributed by atoms with Gasteiger partial charge in [-0.3, -0.25) is 4.99 Å². The van der Waals surface area contributed by atoms with Crippen molar-refractivity contribution in [2.24, 2.45) is 10.9 Å². The molecule has 0 radical (unpaired) electrons. The van der Waals surface area contributed by atoms with Gasteiger partial charge >= 0.3 is 0 Å². The number of rotatable bonds is 9. The summed E-state index contributed by atoms with van der Waals surface area (Å²) in [7, 11) is -3.11. The lowest BCUT2D eigenvalue weighted by atomic mass is 10.1. The highest BCUT2D eigenvalue weighted by Crippen LogP contribution is 2.30. The van der Waals surface area contributed by atoms with Crippen molar-refractivity contribution < 1.29 is 17.5 Å². The third-order valence-electron chi connectivity index (χ3n) is 5.15. The average Bonchev–Trinajstić information content (AvgIpc) is 3.44. The van der Waals surface area contributed by atoms with Gasteiger partial charge in [0.15, 0.2) is 17.5 Å². The summed E-state index contributed by atoms with van der Waals surface area (Å²) in [5, 5.41) is 6.40. The standard InChI is InChI=1S/C20H31FN4O3S.HI/c1-3-22-20(23-9-11-25-10-4-12-29(25,26)27)24-15(2)17-7-8-19(18(21)13-17)28-14-16-5-6-16;/h7-8,13,15-16H,3-6,9-12,14H2,1-2H3,(H2,22,23,24);1H. The fourth-order valence-corrected chi connectivity index (χ4v) is 4.74. The Hall–Kier alpha value is -1.14. The zero-order chi connectivity index (χ0) is 20.9. The van der Waals surface area contributed by atoms with Crippen LogP contribution >= 0.6 is 24.0 Å². The van der Waals surface area contributed by atoms with Gasteiger partial charge in [0.2, 0.25) is 10.0 Å². The van der Waals surface area contributed by atoms with Gasteiger partial charge in [-0.2, -0.15) is 0 Å². The Morgan fingerprint density at radius 1 is 1.40 bits per heavy atom. The van der Waals surface area contributed by atoms with E-state index in [0.717, 1.165) is 18.4 Å². The lowest BCUT2D eigenvalue weighted by Gasteiger charge is -2.19. The van der Waals surface area contributed by atoms with Crippen LogP contribution in [-0.2, 0) is 10.0 Å². The molecule has 1 atom stereocenters. The Morgan fingerprint density at radius 2 is 2.17 bits per heavy atom. The van der Waals surface area contributed by atoms with Crippen LogP contribution < -0.4 is 15.4 Å². The van der Waals surface area contributed by atoms with E-state index in [1.54, 1.807) is 6.07 Å². The lowest BCUT2D eigenvalue weighted by molar-refractivity contribution is 0.285. The second-order valence-electron chi connectivity index (χ2n) is 7.64. The smallest absolute Gasteiger partial charge is 0.214 e. The number of ether oxygens (including phenoxy) is 1. The predicted octanol–water partition coefficient (Wildman–Crippen LogP) is 2.88. The summed E-state index contributed by atoms with van der Waals surface area (Å²) < 4.78 is 45.1. The van der Waals surface area contributed by atoms with Gasteiger partial charge in [-0.15, -0.1) is 24.0 Å². The SMILES string of the molecule is CCNC(=NCCN1CCCS1(=O)=O)NC(C)c1ccc(OCC2CC2)c(F)c1.I. The van der Waals surface area contributed by atoms with Crippen LogP contribution in [0.5, 0.6) is 5.75 Å². The Labute approximate surface area is 195 Å². The number of nitrogens with one attached hydrogen (secondary N) is 2. The molecule has 1 aliphatic carbocycles. The first-order valence-electron chi connectivity index (χ1n) is 10.3. The third-order valence-corrected chi connectivity index (χ3v) is 7.10. The van der Waals surface area contributed by atoms with Crippen LogP contribution in [0, 0.1) is 11.7 Å². The molecule has 1 aromatic rings. The normalized spacial score (nSPS) is 19.8. The van der Waals surface area contributed by atoms with Crippen molar-refractivity contribution in [1.82, 2.24) is 14.9 Å². The van der Waals surface area contributed by atoms with Crippen molar-refractivity contribution in [3.63, 3.8) is 0 Å². The minimum absolute atomic E-state index is 0. The van der Waals surface area contributed by atoms with E-state index in [1.807, 2.05) is 19.9 Å². The zero-order valence-electron chi connectivity index (χ0n) is 17.6. The van der Waals surface area contributed by atoms with Crippen molar-refractivity contribution in [2.75, 3.05) is 38.5 Å². The number of guanidine groups is 1. The summed E-state index contributed by atoms with van der Waals surface area (Å²) in [6, 6.07) is 4.84. The molecule has 1 unspecified atom stereocenters. The molecule has 1 heterocycles. The second kappa shape index (κ2) is 11.5. The third kappa shape index (κ3) is 7.23. The van der Waals surface area contributed by atoms with Gasteiger partial charge < -0.3 is 15.4 Å². The van der Waals surface area contributed by atoms with Gasteiger partial charge in [-0.25, -0.2) is 17.1 Å². The van der Waals surface area contributed by atoms with E-state index in [1.165, 1.54) is 10.4 Å². The Kier molecular flexibility index (Phi) is 9.61. The van der Waals surface area contributed by atoms with Gasteiger partial charge in [-0.05, 0) is 56.7 Å². The van der Waals surface area contributed by atoms with Crippen molar-refractivity contribution in [1.29, 1.82) is 0 Å². The molecule has 2 fully saturated rings. The molecule has 170 valence electrons. The highest BCUT2D eigenvalue weighted by Gasteiger charge is 2.27. The number of sulfonamides is 1. The van der Waals surface area contributed by atoms with Crippen molar-refractivity contribution >= 4 is 40.0 Å². The number of benzene rings is 1. The molecule has 3 rings (SSSR count). The van der Waals surface area contributed by atoms with E-state index in [9.17, 15) is 12.8 Å². The molecule has 10 heteroatoms. The molecule has 0 spiro atoms. The molecule has 30 heavy (non-hydrogen) atoms. The second-order valence-corrected chi connectivity index (χ2v) is 9.73. The van der Waals surface area contributed by atoms with Gasteiger partial charge in [0.05, 0.1) is 24.9 Å². The van der Waals surface area contributed by atoms with Crippen LogP contribution in [0.1, 0.15) is 44.7 Å². The zero-order valence-corrected chi connectivity index (χ0v) is 20.7. The Balaban J connectivity index is 0.00000320. The maximum atomic E-state index is 14.4. The number of nitrogens with zero attached hydrogens (tertiary/aromatic N) is 2. The molecule has 1 aromatic carbocycles. The number of aliphatic imine (C=N–C) groups is 1. The summed E-state index contributed by atoms with van der Waals surface area (Å²) in [5.41, 5.74) is 0.786. The molecule has 0 amide bonds. The summed E-state index contributed by atoms with van der Waals surface area (Å²) >= 11 is 0. The number of halogens is 2. The molecular weight excluding hydrogens is 522 g/mol. The Morgan fingerprint density at radius 3 is 2.77 bits per heavy atom. The van der Waals surface area contributed by atoms with Crippen LogP contribution in [0.4, 0.5) is 4.39 Å². The summed E-state index contributed by atoms with van der Waals surface area (Å²) in [6.45, 7) is 6.43. The van der Waals surface area contributed by atoms with E-state index >= 15 is 0 Å². The van der Waals surface area contributed by atoms with Gasteiger partial charge in [0.25, 0.3) is 0 Å². The van der Waals surface area contributed by atoms with Gasteiger partial charge in [0, 0.05) is 19.6 Å². The topological polar surface area (TPSA) is 83.0 Å². The molecule has 2 N–H and O–H groups in total. The summed E-state index contributed by atoms with van der Waals surface area (Å²) in [5.74, 6) is 1.30. The molecule has 0 bridgehead atoms. The first-order chi connectivity index (χ1) is 13.9. The van der Waals surface area contributed by atoms with Crippen LogP contribution in [0.3, 0.4) is 0 Å². The monoisotopic (exact) mass is 554 g/mol. The van der Waals surface area contributed by atoms with Crippen molar-refractivity contribution in [3.8, 4) is 5.75 Å². The lowest BCUT2D eigenvalue weighted by Crippen LogP contribution is -2.39.